The Morgan fingerprint density at radius 3 is 2.95 bits per heavy atom. The number of hydrogen-bond acceptors (Lipinski definition) is 3. The maximum atomic E-state index is 11.3. The van der Waals surface area contributed by atoms with Gasteiger partial charge >= 0.3 is 5.97 Å². The van der Waals surface area contributed by atoms with Gasteiger partial charge in [-0.2, -0.15) is 0 Å². The van der Waals surface area contributed by atoms with E-state index in [1.807, 2.05) is 29.2 Å². The zero-order valence-electron chi connectivity index (χ0n) is 12.0. The minimum atomic E-state index is -0.852. The Kier molecular flexibility index (Phi) is 3.60. The van der Waals surface area contributed by atoms with Crippen LogP contribution in [0.2, 0.25) is 0 Å². The summed E-state index contributed by atoms with van der Waals surface area (Å²) in [6, 6.07) is 10.0. The lowest BCUT2D eigenvalue weighted by molar-refractivity contribution is -0.132. The Labute approximate surface area is 123 Å². The van der Waals surface area contributed by atoms with Crippen molar-refractivity contribution in [3.63, 3.8) is 0 Å². The molecule has 2 heterocycles. The lowest BCUT2D eigenvalue weighted by Gasteiger charge is -2.27. The van der Waals surface area contributed by atoms with Gasteiger partial charge in [-0.1, -0.05) is 31.5 Å². The predicted molar refractivity (Wildman–Crippen MR) is 83.4 cm³/mol. The molecule has 0 unspecified atom stereocenters. The average molecular weight is 282 g/mol. The van der Waals surface area contributed by atoms with Crippen molar-refractivity contribution in [2.45, 2.75) is 26.2 Å². The third-order valence-corrected chi connectivity index (χ3v) is 3.77. The van der Waals surface area contributed by atoms with Gasteiger partial charge in [0.05, 0.1) is 11.1 Å². The minimum Gasteiger partial charge on any atom is -0.478 e. The van der Waals surface area contributed by atoms with Crippen LogP contribution >= 0.6 is 0 Å². The quantitative estimate of drug-likeness (QED) is 0.934. The van der Waals surface area contributed by atoms with E-state index in [1.54, 1.807) is 6.20 Å². The number of anilines is 1. The van der Waals surface area contributed by atoms with Gasteiger partial charge in [0.15, 0.2) is 0 Å². The van der Waals surface area contributed by atoms with Crippen LogP contribution in [0.5, 0.6) is 0 Å². The molecule has 3 rings (SSSR count). The van der Waals surface area contributed by atoms with E-state index in [2.05, 4.69) is 13.0 Å². The van der Waals surface area contributed by atoms with Gasteiger partial charge in [-0.05, 0) is 18.6 Å². The number of unbranched alkanes of at least 4 members (excludes halogenated alkanes) is 1. The summed E-state index contributed by atoms with van der Waals surface area (Å²) in [6.07, 6.45) is 4.25. The number of pyridine rings is 1. The number of rotatable bonds is 4. The molecule has 0 aliphatic carbocycles. The number of fused-ring (bicyclic) bond motifs is 2. The molecule has 108 valence electrons. The first-order valence-corrected chi connectivity index (χ1v) is 7.28. The first-order chi connectivity index (χ1) is 10.2. The Hall–Kier alpha value is -2.36. The number of aromatic nitrogens is 1. The topological polar surface area (TPSA) is 53.4 Å². The molecule has 1 N–H and O–H groups in total. The summed E-state index contributed by atoms with van der Waals surface area (Å²) in [6.45, 7) is 2.92. The van der Waals surface area contributed by atoms with E-state index in [0.29, 0.717) is 12.0 Å². The second-order valence-corrected chi connectivity index (χ2v) is 5.35. The van der Waals surface area contributed by atoms with E-state index in [-0.39, 0.29) is 0 Å². The van der Waals surface area contributed by atoms with Crippen LogP contribution in [0.15, 0.2) is 42.1 Å². The normalized spacial score (nSPS) is 14.0. The van der Waals surface area contributed by atoms with Gasteiger partial charge in [0.1, 0.15) is 5.82 Å². The molecule has 0 spiro atoms. The van der Waals surface area contributed by atoms with Crippen LogP contribution in [-0.4, -0.2) is 22.6 Å². The van der Waals surface area contributed by atoms with Crippen molar-refractivity contribution in [2.75, 3.05) is 11.4 Å². The van der Waals surface area contributed by atoms with Crippen molar-refractivity contribution in [3.05, 3.63) is 47.7 Å². The standard InChI is InChI=1S/C17H18N2O2/c1-2-3-8-19-11-14(17(20)21)10-13-9-12-6-4-5-7-15(12)18-16(13)19/h4-7,9,11H,2-3,8,10H2,1H3,(H,20,21). The van der Waals surface area contributed by atoms with Gasteiger partial charge in [0.2, 0.25) is 0 Å². The summed E-state index contributed by atoms with van der Waals surface area (Å²) in [4.78, 5) is 18.0. The van der Waals surface area contributed by atoms with Crippen LogP contribution in [0, 0.1) is 0 Å². The number of nitrogens with zero attached hydrogens (tertiary/aromatic N) is 2. The molecule has 0 bridgehead atoms. The molecular weight excluding hydrogens is 264 g/mol. The number of carbonyl (C=O) groups is 1. The maximum absolute atomic E-state index is 11.3. The first-order valence-electron chi connectivity index (χ1n) is 7.28. The second-order valence-electron chi connectivity index (χ2n) is 5.35. The summed E-state index contributed by atoms with van der Waals surface area (Å²) in [5.41, 5.74) is 2.37. The average Bonchev–Trinajstić information content (AvgIpc) is 2.50. The van der Waals surface area contributed by atoms with E-state index in [1.165, 1.54) is 0 Å². The number of carboxylic acid groups (broad SMARTS) is 1. The molecule has 1 aliphatic heterocycles. The highest BCUT2D eigenvalue weighted by Gasteiger charge is 2.22. The zero-order chi connectivity index (χ0) is 14.8. The van der Waals surface area contributed by atoms with E-state index >= 15 is 0 Å². The van der Waals surface area contributed by atoms with E-state index < -0.39 is 5.97 Å². The van der Waals surface area contributed by atoms with Crippen LogP contribution in [0.3, 0.4) is 0 Å². The van der Waals surface area contributed by atoms with E-state index in [0.717, 1.165) is 41.7 Å². The molecule has 0 saturated heterocycles. The molecule has 0 amide bonds. The molecule has 1 aromatic carbocycles. The predicted octanol–water partition coefficient (Wildman–Crippen LogP) is 3.37. The fourth-order valence-electron chi connectivity index (χ4n) is 2.66. The van der Waals surface area contributed by atoms with Gasteiger partial charge in [-0.15, -0.1) is 0 Å². The van der Waals surface area contributed by atoms with Crippen LogP contribution in [0.4, 0.5) is 5.82 Å². The molecule has 2 aromatic rings. The van der Waals surface area contributed by atoms with Crippen LogP contribution in [0.25, 0.3) is 10.9 Å². The Balaban J connectivity index is 2.08. The molecule has 0 saturated carbocycles. The van der Waals surface area contributed by atoms with Crippen LogP contribution in [0.1, 0.15) is 25.3 Å². The summed E-state index contributed by atoms with van der Waals surface area (Å²) in [5, 5.41) is 10.4. The Bertz CT molecular complexity index is 722. The fraction of sp³-hybridized carbons (Fsp3) is 0.294. The SMILES string of the molecule is CCCCN1C=C(C(=O)O)Cc2cc3ccccc3nc21. The molecule has 0 atom stereocenters. The molecule has 1 aliphatic rings. The van der Waals surface area contributed by atoms with Crippen LogP contribution in [-0.2, 0) is 11.2 Å². The lowest BCUT2D eigenvalue weighted by atomic mass is 10.0. The van der Waals surface area contributed by atoms with Gasteiger partial charge in [-0.3, -0.25) is 0 Å². The highest BCUT2D eigenvalue weighted by Crippen LogP contribution is 2.30. The monoisotopic (exact) mass is 282 g/mol. The van der Waals surface area contributed by atoms with E-state index in [9.17, 15) is 9.90 Å². The Morgan fingerprint density at radius 1 is 1.38 bits per heavy atom. The number of benzene rings is 1. The molecule has 0 fully saturated rings. The van der Waals surface area contributed by atoms with Crippen LogP contribution < -0.4 is 4.90 Å². The van der Waals surface area contributed by atoms with Gasteiger partial charge in [0, 0.05) is 30.1 Å². The third-order valence-electron chi connectivity index (χ3n) is 3.77. The molecular formula is C17H18N2O2. The molecule has 0 radical (unpaired) electrons. The van der Waals surface area contributed by atoms with Crippen molar-refractivity contribution in [1.82, 2.24) is 4.98 Å². The number of hydrogen-bond donors (Lipinski definition) is 1. The van der Waals surface area contributed by atoms with Gasteiger partial charge in [-0.25, -0.2) is 9.78 Å². The zero-order valence-corrected chi connectivity index (χ0v) is 12.0. The Morgan fingerprint density at radius 2 is 2.19 bits per heavy atom. The third kappa shape index (κ3) is 2.61. The highest BCUT2D eigenvalue weighted by atomic mass is 16.4. The van der Waals surface area contributed by atoms with Crippen molar-refractivity contribution >= 4 is 22.7 Å². The maximum Gasteiger partial charge on any atom is 0.333 e. The summed E-state index contributed by atoms with van der Waals surface area (Å²) >= 11 is 0. The number of carboxylic acids is 1. The summed E-state index contributed by atoms with van der Waals surface area (Å²) in [7, 11) is 0. The smallest absolute Gasteiger partial charge is 0.333 e. The van der Waals surface area contributed by atoms with Crippen molar-refractivity contribution < 1.29 is 9.90 Å². The molecule has 21 heavy (non-hydrogen) atoms. The number of para-hydroxylation sites is 1. The van der Waals surface area contributed by atoms with Gasteiger partial charge < -0.3 is 10.0 Å². The minimum absolute atomic E-state index is 0.427. The molecule has 4 heteroatoms. The van der Waals surface area contributed by atoms with Crippen molar-refractivity contribution in [2.24, 2.45) is 0 Å². The lowest BCUT2D eigenvalue weighted by Crippen LogP contribution is -2.26. The molecule has 4 nitrogen and oxygen atoms in total. The summed E-state index contributed by atoms with van der Waals surface area (Å²) < 4.78 is 0. The first kappa shape index (κ1) is 13.6. The van der Waals surface area contributed by atoms with Gasteiger partial charge in [0.25, 0.3) is 0 Å². The fourth-order valence-corrected chi connectivity index (χ4v) is 2.66. The second kappa shape index (κ2) is 5.56. The largest absolute Gasteiger partial charge is 0.478 e. The van der Waals surface area contributed by atoms with E-state index in [4.69, 9.17) is 4.98 Å². The van der Waals surface area contributed by atoms with Crippen molar-refractivity contribution in [1.29, 1.82) is 0 Å². The van der Waals surface area contributed by atoms with Crippen molar-refractivity contribution in [3.8, 4) is 0 Å². The summed E-state index contributed by atoms with van der Waals surface area (Å²) in [5.74, 6) is 0.0439. The molecule has 1 aromatic heterocycles. The number of aliphatic carboxylic acids is 1. The highest BCUT2D eigenvalue weighted by molar-refractivity contribution is 5.90.